The van der Waals surface area contributed by atoms with Crippen molar-refractivity contribution in [1.82, 2.24) is 0 Å². The molecule has 0 bridgehead atoms. The molecule has 0 radical (unpaired) electrons. The van der Waals surface area contributed by atoms with Gasteiger partial charge in [0.05, 0.1) is 18.8 Å². The molecule has 0 heterocycles. The Hall–Kier alpha value is -1.58. The van der Waals surface area contributed by atoms with Gasteiger partial charge in [-0.25, -0.2) is 0 Å². The van der Waals surface area contributed by atoms with Gasteiger partial charge in [-0.2, -0.15) is 0 Å². The molecule has 4 heteroatoms. The number of hydrogen-bond donors (Lipinski definition) is 1. The van der Waals surface area contributed by atoms with Crippen LogP contribution in [0.25, 0.3) is 0 Å². The minimum Gasteiger partial charge on any atom is -0.515 e. The third-order valence-corrected chi connectivity index (χ3v) is 13.4. The number of hydrogen-bond acceptors (Lipinski definition) is 4. The Morgan fingerprint density at radius 3 is 2.28 bits per heavy atom. The summed E-state index contributed by atoms with van der Waals surface area (Å²) in [6.45, 7) is 18.3. The minimum absolute atomic E-state index is 0.00603. The standard InChI is InChI=1S/C32H48O4/c1-19(2)21-11-14-32(27(35)36-8)16-15-30(6)22(25(21)32)9-10-24-29(5)17-20(18-33)26(34)28(3,4)23(29)12-13-31(24,30)7/h18,21-25,33H,1,9-17H2,2-8H3/b20-18-/t21-,22+,23+,24+,25+,29+,30-,31-,32+/m1/s1. The van der Waals surface area contributed by atoms with Gasteiger partial charge in [0, 0.05) is 11.0 Å². The Morgan fingerprint density at radius 1 is 0.972 bits per heavy atom. The predicted octanol–water partition coefficient (Wildman–Crippen LogP) is 7.44. The number of carbonyl (C=O) groups is 2. The van der Waals surface area contributed by atoms with Gasteiger partial charge in [0.15, 0.2) is 5.78 Å². The van der Waals surface area contributed by atoms with Crippen LogP contribution >= 0.6 is 0 Å². The van der Waals surface area contributed by atoms with E-state index in [1.807, 2.05) is 0 Å². The van der Waals surface area contributed by atoms with Gasteiger partial charge >= 0.3 is 5.97 Å². The second-order valence-electron chi connectivity index (χ2n) is 14.7. The van der Waals surface area contributed by atoms with E-state index < -0.39 is 5.41 Å². The van der Waals surface area contributed by atoms with Crippen LogP contribution in [0.4, 0.5) is 0 Å². The molecule has 0 aromatic rings. The predicted molar refractivity (Wildman–Crippen MR) is 142 cm³/mol. The molecule has 200 valence electrons. The number of fused-ring (bicyclic) bond motifs is 7. The summed E-state index contributed by atoms with van der Waals surface area (Å²) in [6.07, 6.45) is 10.2. The lowest BCUT2D eigenvalue weighted by atomic mass is 9.32. The molecule has 0 amide bonds. The van der Waals surface area contributed by atoms with Gasteiger partial charge in [0.2, 0.25) is 0 Å². The van der Waals surface area contributed by atoms with Gasteiger partial charge in [0.25, 0.3) is 0 Å². The summed E-state index contributed by atoms with van der Waals surface area (Å²) in [5.74, 6) is 2.12. The summed E-state index contributed by atoms with van der Waals surface area (Å²) in [6, 6.07) is 0. The maximum atomic E-state index is 13.4. The van der Waals surface area contributed by atoms with Gasteiger partial charge in [-0.1, -0.05) is 46.8 Å². The number of esters is 1. The lowest BCUT2D eigenvalue weighted by molar-refractivity contribution is -0.232. The number of carbonyl (C=O) groups excluding carboxylic acids is 2. The normalized spacial score (nSPS) is 50.5. The lowest BCUT2D eigenvalue weighted by Crippen LogP contribution is -2.67. The lowest BCUT2D eigenvalue weighted by Gasteiger charge is -2.72. The van der Waals surface area contributed by atoms with Crippen LogP contribution in [0.3, 0.4) is 0 Å². The smallest absolute Gasteiger partial charge is 0.312 e. The van der Waals surface area contributed by atoms with E-state index in [0.717, 1.165) is 57.6 Å². The van der Waals surface area contributed by atoms with E-state index in [1.54, 1.807) is 7.11 Å². The van der Waals surface area contributed by atoms with E-state index >= 15 is 0 Å². The van der Waals surface area contributed by atoms with Crippen molar-refractivity contribution in [1.29, 1.82) is 0 Å². The molecule has 0 aromatic heterocycles. The van der Waals surface area contributed by atoms with Crippen LogP contribution in [-0.4, -0.2) is 24.0 Å². The van der Waals surface area contributed by atoms with Crippen molar-refractivity contribution in [3.63, 3.8) is 0 Å². The van der Waals surface area contributed by atoms with Gasteiger partial charge in [-0.15, -0.1) is 0 Å². The maximum absolute atomic E-state index is 13.4. The third kappa shape index (κ3) is 2.94. The largest absolute Gasteiger partial charge is 0.515 e. The van der Waals surface area contributed by atoms with Crippen LogP contribution in [0.1, 0.15) is 99.3 Å². The van der Waals surface area contributed by atoms with E-state index in [0.29, 0.717) is 41.6 Å². The molecule has 5 rings (SSSR count). The van der Waals surface area contributed by atoms with Gasteiger partial charge in [-0.3, -0.25) is 9.59 Å². The van der Waals surface area contributed by atoms with Crippen LogP contribution in [0.5, 0.6) is 0 Å². The van der Waals surface area contributed by atoms with Crippen LogP contribution in [-0.2, 0) is 14.3 Å². The average molecular weight is 497 g/mol. The van der Waals surface area contributed by atoms with Crippen molar-refractivity contribution >= 4 is 11.8 Å². The van der Waals surface area contributed by atoms with E-state index in [-0.39, 0.29) is 33.4 Å². The Balaban J connectivity index is 1.59. The minimum atomic E-state index is -0.455. The molecule has 1 N–H and O–H groups in total. The summed E-state index contributed by atoms with van der Waals surface area (Å²) < 4.78 is 5.48. The van der Waals surface area contributed by atoms with Crippen LogP contribution in [0, 0.1) is 56.7 Å². The summed E-state index contributed by atoms with van der Waals surface area (Å²) >= 11 is 0. The zero-order chi connectivity index (χ0) is 26.5. The number of ketones is 1. The molecule has 0 spiro atoms. The highest BCUT2D eigenvalue weighted by molar-refractivity contribution is 6.00. The molecule has 5 fully saturated rings. The SMILES string of the molecule is C=C(C)[C@H]1CC[C@]2(C(=O)OC)CC[C@]3(C)[C@@H](CC[C@H]4[C@@]5(C)C/C(=C/O)C(=O)C(C)(C)[C@@H]5CC[C@]43C)[C@H]12. The van der Waals surface area contributed by atoms with E-state index in [2.05, 4.69) is 48.1 Å². The first-order valence-corrected chi connectivity index (χ1v) is 14.4. The first kappa shape index (κ1) is 26.0. The average Bonchev–Trinajstić information content (AvgIpc) is 3.22. The second-order valence-corrected chi connectivity index (χ2v) is 14.7. The highest BCUT2D eigenvalue weighted by atomic mass is 16.5. The molecule has 9 atom stereocenters. The molecule has 5 aliphatic carbocycles. The van der Waals surface area contributed by atoms with Gasteiger partial charge < -0.3 is 9.84 Å². The molecule has 5 aliphatic rings. The zero-order valence-corrected chi connectivity index (χ0v) is 23.7. The second kappa shape index (κ2) is 7.96. The van der Waals surface area contributed by atoms with E-state index in [9.17, 15) is 14.7 Å². The van der Waals surface area contributed by atoms with Crippen molar-refractivity contribution in [3.8, 4) is 0 Å². The fourth-order valence-electron chi connectivity index (χ4n) is 11.7. The molecular weight excluding hydrogens is 448 g/mol. The molecule has 0 saturated heterocycles. The molecule has 0 aromatic carbocycles. The van der Waals surface area contributed by atoms with Crippen molar-refractivity contribution < 1.29 is 19.4 Å². The molecule has 0 aliphatic heterocycles. The summed E-state index contributed by atoms with van der Waals surface area (Å²) in [4.78, 5) is 26.7. The summed E-state index contributed by atoms with van der Waals surface area (Å²) in [7, 11) is 1.56. The van der Waals surface area contributed by atoms with Crippen LogP contribution in [0.2, 0.25) is 0 Å². The number of Topliss-reactive ketones (excluding diaryl/α,β-unsaturated/α-hetero) is 1. The fraction of sp³-hybridized carbons (Fsp3) is 0.812. The highest BCUT2D eigenvalue weighted by Crippen LogP contribution is 2.77. The summed E-state index contributed by atoms with van der Waals surface area (Å²) in [5, 5.41) is 10.0. The van der Waals surface area contributed by atoms with Crippen molar-refractivity contribution in [2.75, 3.05) is 7.11 Å². The Morgan fingerprint density at radius 2 is 1.67 bits per heavy atom. The van der Waals surface area contributed by atoms with E-state index in [1.165, 1.54) is 5.57 Å². The maximum Gasteiger partial charge on any atom is 0.312 e. The van der Waals surface area contributed by atoms with Crippen molar-refractivity contribution in [2.24, 2.45) is 56.7 Å². The summed E-state index contributed by atoms with van der Waals surface area (Å²) in [5.41, 5.74) is 1.25. The Labute approximate surface area is 218 Å². The van der Waals surface area contributed by atoms with Gasteiger partial charge in [0.1, 0.15) is 0 Å². The Kier molecular flexibility index (Phi) is 5.76. The number of aliphatic hydroxyl groups excluding tert-OH is 1. The first-order chi connectivity index (χ1) is 16.7. The van der Waals surface area contributed by atoms with Crippen LogP contribution < -0.4 is 0 Å². The third-order valence-electron chi connectivity index (χ3n) is 13.4. The molecule has 4 nitrogen and oxygen atoms in total. The van der Waals surface area contributed by atoms with Crippen LogP contribution in [0.15, 0.2) is 24.0 Å². The number of ether oxygens (including phenoxy) is 1. The monoisotopic (exact) mass is 496 g/mol. The zero-order valence-electron chi connectivity index (χ0n) is 23.7. The van der Waals surface area contributed by atoms with E-state index in [4.69, 9.17) is 4.74 Å². The fourth-order valence-corrected chi connectivity index (χ4v) is 11.7. The quantitative estimate of drug-likeness (QED) is 0.187. The number of aliphatic hydroxyl groups is 1. The molecule has 0 unspecified atom stereocenters. The van der Waals surface area contributed by atoms with Crippen molar-refractivity contribution in [2.45, 2.75) is 99.3 Å². The number of allylic oxidation sites excluding steroid dienone is 2. The Bertz CT molecular complexity index is 1020. The molecule has 5 saturated carbocycles. The number of rotatable bonds is 2. The first-order valence-electron chi connectivity index (χ1n) is 14.4. The van der Waals surface area contributed by atoms with Crippen molar-refractivity contribution in [3.05, 3.63) is 24.0 Å². The number of methoxy groups -OCH3 is 1. The molecular formula is C32H48O4. The topological polar surface area (TPSA) is 63.6 Å². The van der Waals surface area contributed by atoms with Gasteiger partial charge in [-0.05, 0) is 111 Å². The molecule has 36 heavy (non-hydrogen) atoms. The highest BCUT2D eigenvalue weighted by Gasteiger charge is 2.72.